The lowest BCUT2D eigenvalue weighted by atomic mass is 9.86. The second-order valence-corrected chi connectivity index (χ2v) is 21.4. The minimum absolute atomic E-state index is 0.0967. The summed E-state index contributed by atoms with van der Waals surface area (Å²) in [5.41, 5.74) is 4.68. The van der Waals surface area contributed by atoms with E-state index in [-0.39, 0.29) is 24.5 Å². The van der Waals surface area contributed by atoms with Crippen LogP contribution in [0, 0.1) is 0 Å². The monoisotopic (exact) mass is 700 g/mol. The van der Waals surface area contributed by atoms with Crippen LogP contribution in [0.1, 0.15) is 36.0 Å². The van der Waals surface area contributed by atoms with Crippen LogP contribution < -0.4 is 4.74 Å². The standard InChI is InChI=1S/C38H44N2O5S2Si/c1-26(48(2,3)4)44-25-45-34-22-28(21-30-9-5-6-10-31(30)34)24-43-35-23-40(38(41)42)19-17-32(35)29-15-13-27(14-16-29)18-20-46-37-39-33-11-7-8-12-36(33)47-37/h5-16,21-22,26,32,35H,17-20,23-25H2,1-4H3,(H,41,42). The maximum atomic E-state index is 12.0. The predicted octanol–water partition coefficient (Wildman–Crippen LogP) is 9.46. The van der Waals surface area contributed by atoms with Crippen LogP contribution in [0.2, 0.25) is 19.6 Å². The molecule has 1 aromatic heterocycles. The van der Waals surface area contributed by atoms with Crippen molar-refractivity contribution in [2.75, 3.05) is 25.6 Å². The zero-order valence-electron chi connectivity index (χ0n) is 28.1. The number of ether oxygens (including phenoxy) is 3. The quantitative estimate of drug-likeness (QED) is 0.0745. The Balaban J connectivity index is 1.11. The Morgan fingerprint density at radius 2 is 1.81 bits per heavy atom. The third-order valence-electron chi connectivity index (χ3n) is 9.23. The zero-order valence-corrected chi connectivity index (χ0v) is 30.7. The van der Waals surface area contributed by atoms with Crippen molar-refractivity contribution in [3.05, 3.63) is 102 Å². The Hall–Kier alpha value is -3.41. The summed E-state index contributed by atoms with van der Waals surface area (Å²) in [5.74, 6) is 1.82. The molecule has 6 rings (SSSR count). The number of hydrogen-bond donors (Lipinski definition) is 1. The van der Waals surface area contributed by atoms with Crippen LogP contribution in [0.3, 0.4) is 0 Å². The highest BCUT2D eigenvalue weighted by Gasteiger charge is 2.33. The predicted molar refractivity (Wildman–Crippen MR) is 199 cm³/mol. The summed E-state index contributed by atoms with van der Waals surface area (Å²) in [5, 5.41) is 11.9. The Bertz CT molecular complexity index is 1810. The molecule has 1 amide bonds. The largest absolute Gasteiger partial charge is 0.467 e. The van der Waals surface area contributed by atoms with Gasteiger partial charge in [0.1, 0.15) is 5.75 Å². The van der Waals surface area contributed by atoms with Gasteiger partial charge in [0.25, 0.3) is 0 Å². The fourth-order valence-corrected chi connectivity index (χ4v) is 8.63. The third kappa shape index (κ3) is 8.59. The first kappa shape index (κ1) is 34.4. The third-order valence-corrected chi connectivity index (χ3v) is 14.0. The maximum absolute atomic E-state index is 12.0. The number of nitrogens with zero attached hydrogens (tertiary/aromatic N) is 2. The average molecular weight is 701 g/mol. The molecule has 0 radical (unpaired) electrons. The van der Waals surface area contributed by atoms with Crippen LogP contribution in [0.15, 0.2) is 89.3 Å². The van der Waals surface area contributed by atoms with E-state index >= 15 is 0 Å². The molecule has 10 heteroatoms. The minimum Gasteiger partial charge on any atom is -0.467 e. The molecular weight excluding hydrogens is 657 g/mol. The van der Waals surface area contributed by atoms with Crippen molar-refractivity contribution < 1.29 is 24.1 Å². The number of carboxylic acid groups (broad SMARTS) is 1. The second-order valence-electron chi connectivity index (χ2n) is 13.5. The zero-order chi connectivity index (χ0) is 33.7. The molecule has 5 aromatic rings. The Morgan fingerprint density at radius 3 is 2.58 bits per heavy atom. The number of hydrogen-bond acceptors (Lipinski definition) is 7. The number of rotatable bonds is 13. The van der Waals surface area contributed by atoms with Crippen LogP contribution in [0.25, 0.3) is 21.0 Å². The highest BCUT2D eigenvalue weighted by molar-refractivity contribution is 8.01. The first-order chi connectivity index (χ1) is 23.1. The second kappa shape index (κ2) is 15.4. The lowest BCUT2D eigenvalue weighted by Crippen LogP contribution is -2.46. The van der Waals surface area contributed by atoms with Gasteiger partial charge in [-0.15, -0.1) is 11.3 Å². The topological polar surface area (TPSA) is 81.1 Å². The summed E-state index contributed by atoms with van der Waals surface area (Å²) in [6.45, 7) is 10.3. The van der Waals surface area contributed by atoms with Crippen LogP contribution in [-0.4, -0.2) is 66.6 Å². The molecule has 48 heavy (non-hydrogen) atoms. The molecule has 0 bridgehead atoms. The summed E-state index contributed by atoms with van der Waals surface area (Å²) in [4.78, 5) is 18.2. The molecule has 3 atom stereocenters. The molecule has 1 saturated heterocycles. The first-order valence-corrected chi connectivity index (χ1v) is 21.9. The number of amides is 1. The van der Waals surface area contributed by atoms with E-state index in [1.54, 1.807) is 23.1 Å². The van der Waals surface area contributed by atoms with E-state index in [0.29, 0.717) is 26.1 Å². The fourth-order valence-electron chi connectivity index (χ4n) is 5.93. The van der Waals surface area contributed by atoms with Gasteiger partial charge in [-0.05, 0) is 66.1 Å². The van der Waals surface area contributed by atoms with Crippen molar-refractivity contribution >= 4 is 58.3 Å². The minimum atomic E-state index is -1.44. The fraction of sp³-hybridized carbons (Fsp3) is 0.368. The maximum Gasteiger partial charge on any atom is 0.407 e. The number of aromatic nitrogens is 1. The molecule has 1 aliphatic rings. The van der Waals surface area contributed by atoms with E-state index in [9.17, 15) is 9.90 Å². The molecule has 3 unspecified atom stereocenters. The number of benzene rings is 4. The number of piperidine rings is 1. The summed E-state index contributed by atoms with van der Waals surface area (Å²) in [6, 6.07) is 29.4. The van der Waals surface area contributed by atoms with Crippen molar-refractivity contribution in [3.8, 4) is 5.75 Å². The normalized spacial score (nSPS) is 17.5. The van der Waals surface area contributed by atoms with Crippen LogP contribution in [0.5, 0.6) is 5.75 Å². The molecule has 0 spiro atoms. The molecule has 1 N–H and O–H groups in total. The molecule has 0 aliphatic carbocycles. The number of thioether (sulfide) groups is 1. The van der Waals surface area contributed by atoms with Crippen molar-refractivity contribution in [3.63, 3.8) is 0 Å². The molecule has 2 heterocycles. The smallest absolute Gasteiger partial charge is 0.407 e. The van der Waals surface area contributed by atoms with Gasteiger partial charge in [-0.25, -0.2) is 9.78 Å². The lowest BCUT2D eigenvalue weighted by molar-refractivity contribution is -0.0202. The molecular formula is C38H44N2O5S2Si. The lowest BCUT2D eigenvalue weighted by Gasteiger charge is -2.37. The summed E-state index contributed by atoms with van der Waals surface area (Å²) >= 11 is 3.55. The summed E-state index contributed by atoms with van der Waals surface area (Å²) in [7, 11) is -1.44. The first-order valence-electron chi connectivity index (χ1n) is 16.6. The SMILES string of the molecule is CC(OCOc1cc(COC2CN(C(=O)O)CCC2c2ccc(CCSc3nc4ccccc4s3)cc2)cc2ccccc12)[Si](C)(C)C. The van der Waals surface area contributed by atoms with Gasteiger partial charge in [0.15, 0.2) is 11.1 Å². The molecule has 4 aromatic carbocycles. The van der Waals surface area contributed by atoms with Crippen molar-refractivity contribution in [1.82, 2.24) is 9.88 Å². The van der Waals surface area contributed by atoms with Gasteiger partial charge < -0.3 is 24.2 Å². The van der Waals surface area contributed by atoms with Crippen LogP contribution >= 0.6 is 23.1 Å². The van der Waals surface area contributed by atoms with Crippen molar-refractivity contribution in [1.29, 1.82) is 0 Å². The van der Waals surface area contributed by atoms with E-state index < -0.39 is 14.2 Å². The van der Waals surface area contributed by atoms with Crippen molar-refractivity contribution in [2.24, 2.45) is 0 Å². The van der Waals surface area contributed by atoms with E-state index in [4.69, 9.17) is 19.2 Å². The van der Waals surface area contributed by atoms with Gasteiger partial charge in [0, 0.05) is 29.3 Å². The Kier molecular flexibility index (Phi) is 11.1. The number of aryl methyl sites for hydroxylation is 1. The summed E-state index contributed by atoms with van der Waals surface area (Å²) in [6.07, 6.45) is 0.485. The van der Waals surface area contributed by atoms with Gasteiger partial charge in [0.2, 0.25) is 0 Å². The van der Waals surface area contributed by atoms with Gasteiger partial charge in [-0.3, -0.25) is 0 Å². The van der Waals surface area contributed by atoms with E-state index in [2.05, 4.69) is 87.2 Å². The van der Waals surface area contributed by atoms with Gasteiger partial charge in [-0.2, -0.15) is 0 Å². The number of para-hydroxylation sites is 1. The summed E-state index contributed by atoms with van der Waals surface area (Å²) < 4.78 is 21.2. The number of fused-ring (bicyclic) bond motifs is 2. The molecule has 7 nitrogen and oxygen atoms in total. The average Bonchev–Trinajstić information content (AvgIpc) is 3.50. The highest BCUT2D eigenvalue weighted by atomic mass is 32.2. The molecule has 1 aliphatic heterocycles. The van der Waals surface area contributed by atoms with Gasteiger partial charge >= 0.3 is 6.09 Å². The highest BCUT2D eigenvalue weighted by Crippen LogP contribution is 2.34. The van der Waals surface area contributed by atoms with Crippen LogP contribution in [-0.2, 0) is 22.5 Å². The van der Waals surface area contributed by atoms with E-state index in [1.165, 1.54) is 20.7 Å². The van der Waals surface area contributed by atoms with Crippen molar-refractivity contribution in [2.45, 2.75) is 68.1 Å². The van der Waals surface area contributed by atoms with E-state index in [1.807, 2.05) is 24.3 Å². The molecule has 0 saturated carbocycles. The van der Waals surface area contributed by atoms with E-state index in [0.717, 1.165) is 44.1 Å². The van der Waals surface area contributed by atoms with Gasteiger partial charge in [-0.1, -0.05) is 92.1 Å². The Morgan fingerprint density at radius 1 is 1.04 bits per heavy atom. The Labute approximate surface area is 292 Å². The van der Waals surface area contributed by atoms with Gasteiger partial charge in [0.05, 0.1) is 37.5 Å². The van der Waals surface area contributed by atoms with Crippen LogP contribution in [0.4, 0.5) is 4.79 Å². The number of likely N-dealkylation sites (tertiary alicyclic amines) is 1. The molecule has 252 valence electrons. The number of thiazole rings is 1. The molecule has 1 fully saturated rings. The number of carbonyl (C=O) groups is 1.